The topological polar surface area (TPSA) is 57.5 Å². The number of rotatable bonds is 5. The Hall–Kier alpha value is -2.56. The van der Waals surface area contributed by atoms with Crippen molar-refractivity contribution in [3.8, 4) is 5.75 Å². The molecule has 2 rings (SSSR count). The van der Waals surface area contributed by atoms with Crippen LogP contribution in [0.15, 0.2) is 53.5 Å². The average molecular weight is 287 g/mol. The van der Waals surface area contributed by atoms with Crippen LogP contribution >= 0.6 is 0 Å². The zero-order chi connectivity index (χ0) is 15.2. The highest BCUT2D eigenvalue weighted by molar-refractivity contribution is 5.78. The summed E-state index contributed by atoms with van der Waals surface area (Å²) < 4.78 is 11.5. The van der Waals surface area contributed by atoms with Crippen LogP contribution in [0, 0.1) is 0 Å². The molecule has 1 atom stereocenters. The van der Waals surface area contributed by atoms with Gasteiger partial charge < -0.3 is 9.47 Å². The maximum atomic E-state index is 12.4. The van der Waals surface area contributed by atoms with Crippen LogP contribution in [-0.2, 0) is 9.53 Å². The number of esters is 1. The number of hydrogen-bond acceptors (Lipinski definition) is 4. The highest BCUT2D eigenvalue weighted by Gasteiger charge is 2.25. The molecule has 0 saturated heterocycles. The molecule has 1 aromatic heterocycles. The Kier molecular flexibility index (Phi) is 4.77. The summed E-state index contributed by atoms with van der Waals surface area (Å²) in [5.41, 5.74) is 0.318. The number of nitrogens with zero attached hydrogens (tertiary/aromatic N) is 1. The van der Waals surface area contributed by atoms with Crippen molar-refractivity contribution < 1.29 is 14.3 Å². The van der Waals surface area contributed by atoms with Gasteiger partial charge in [0.2, 0.25) is 0 Å². The van der Waals surface area contributed by atoms with E-state index >= 15 is 0 Å². The van der Waals surface area contributed by atoms with E-state index in [4.69, 9.17) is 9.47 Å². The minimum atomic E-state index is -0.830. The van der Waals surface area contributed by atoms with E-state index in [0.29, 0.717) is 12.2 Å². The molecule has 0 N–H and O–H groups in total. The van der Waals surface area contributed by atoms with Gasteiger partial charge in [-0.2, -0.15) is 0 Å². The van der Waals surface area contributed by atoms with E-state index in [1.807, 2.05) is 18.2 Å². The molecule has 0 amide bonds. The lowest BCUT2D eigenvalue weighted by Crippen LogP contribution is -2.31. The van der Waals surface area contributed by atoms with Gasteiger partial charge in [-0.25, -0.2) is 4.79 Å². The van der Waals surface area contributed by atoms with Gasteiger partial charge in [0.05, 0.1) is 13.7 Å². The molecule has 0 spiro atoms. The number of pyridine rings is 1. The van der Waals surface area contributed by atoms with Crippen molar-refractivity contribution in [2.45, 2.75) is 13.0 Å². The Morgan fingerprint density at radius 1 is 1.19 bits per heavy atom. The van der Waals surface area contributed by atoms with Gasteiger partial charge in [-0.1, -0.05) is 30.3 Å². The molecule has 1 aromatic carbocycles. The highest BCUT2D eigenvalue weighted by atomic mass is 16.5. The summed E-state index contributed by atoms with van der Waals surface area (Å²) in [4.78, 5) is 24.5. The average Bonchev–Trinajstić information content (AvgIpc) is 2.52. The largest absolute Gasteiger partial charge is 0.488 e. The summed E-state index contributed by atoms with van der Waals surface area (Å²) in [6, 6.07) is 11.4. The van der Waals surface area contributed by atoms with E-state index in [2.05, 4.69) is 0 Å². The van der Waals surface area contributed by atoms with Crippen molar-refractivity contribution in [2.24, 2.45) is 0 Å². The Labute approximate surface area is 122 Å². The first kappa shape index (κ1) is 14.8. The number of methoxy groups -OCH3 is 1. The van der Waals surface area contributed by atoms with Gasteiger partial charge >= 0.3 is 5.97 Å². The van der Waals surface area contributed by atoms with Crippen LogP contribution in [0.3, 0.4) is 0 Å². The van der Waals surface area contributed by atoms with Gasteiger partial charge in [0.15, 0.2) is 11.8 Å². The summed E-state index contributed by atoms with van der Waals surface area (Å²) in [7, 11) is 1.30. The minimum Gasteiger partial charge on any atom is -0.488 e. The molecule has 0 fully saturated rings. The van der Waals surface area contributed by atoms with E-state index in [1.165, 1.54) is 11.7 Å². The van der Waals surface area contributed by atoms with Crippen molar-refractivity contribution >= 4 is 5.97 Å². The Bertz CT molecular complexity index is 663. The van der Waals surface area contributed by atoms with Crippen LogP contribution in [-0.4, -0.2) is 24.3 Å². The molecule has 21 heavy (non-hydrogen) atoms. The first-order valence-electron chi connectivity index (χ1n) is 6.65. The number of carbonyl (C=O) groups excluding carboxylic acids is 1. The minimum absolute atomic E-state index is 0.213. The fourth-order valence-corrected chi connectivity index (χ4v) is 2.12. The van der Waals surface area contributed by atoms with E-state index in [9.17, 15) is 9.59 Å². The van der Waals surface area contributed by atoms with E-state index in [0.717, 1.165) is 0 Å². The molecule has 5 heteroatoms. The molecule has 5 nitrogen and oxygen atoms in total. The molecular weight excluding hydrogens is 270 g/mol. The molecule has 0 bridgehead atoms. The molecule has 110 valence electrons. The van der Waals surface area contributed by atoms with Crippen LogP contribution in [0.5, 0.6) is 5.75 Å². The second-order valence-corrected chi connectivity index (χ2v) is 4.35. The number of ether oxygens (including phenoxy) is 2. The van der Waals surface area contributed by atoms with Gasteiger partial charge in [-0.15, -0.1) is 0 Å². The third kappa shape index (κ3) is 3.13. The van der Waals surface area contributed by atoms with Crippen molar-refractivity contribution in [1.82, 2.24) is 4.57 Å². The smallest absolute Gasteiger partial charge is 0.333 e. The van der Waals surface area contributed by atoms with Gasteiger partial charge in [0.1, 0.15) is 0 Å². The Morgan fingerprint density at radius 3 is 2.52 bits per heavy atom. The summed E-state index contributed by atoms with van der Waals surface area (Å²) >= 11 is 0. The SMILES string of the molecule is CCOc1cccn(C(C(=O)OC)c2ccccc2)c1=O. The predicted molar refractivity (Wildman–Crippen MR) is 78.5 cm³/mol. The number of hydrogen-bond donors (Lipinski definition) is 0. The Morgan fingerprint density at radius 2 is 1.90 bits per heavy atom. The summed E-state index contributed by atoms with van der Waals surface area (Å²) in [5, 5.41) is 0. The van der Waals surface area contributed by atoms with Gasteiger partial charge in [-0.3, -0.25) is 9.36 Å². The van der Waals surface area contributed by atoms with Crippen LogP contribution in [0.2, 0.25) is 0 Å². The molecule has 0 aliphatic carbocycles. The van der Waals surface area contributed by atoms with Gasteiger partial charge in [0.25, 0.3) is 5.56 Å². The Balaban J connectivity index is 2.55. The first-order chi connectivity index (χ1) is 10.2. The van der Waals surface area contributed by atoms with Crippen molar-refractivity contribution in [1.29, 1.82) is 0 Å². The summed E-state index contributed by atoms with van der Waals surface area (Å²) in [6.07, 6.45) is 1.56. The lowest BCUT2D eigenvalue weighted by atomic mass is 10.1. The summed E-state index contributed by atoms with van der Waals surface area (Å²) in [5.74, 6) is -0.290. The number of aromatic nitrogens is 1. The lowest BCUT2D eigenvalue weighted by molar-refractivity contribution is -0.143. The van der Waals surface area contributed by atoms with Gasteiger partial charge in [0, 0.05) is 6.20 Å². The molecule has 0 aliphatic heterocycles. The first-order valence-corrected chi connectivity index (χ1v) is 6.65. The molecule has 2 aromatic rings. The van der Waals surface area contributed by atoms with Crippen molar-refractivity contribution in [2.75, 3.05) is 13.7 Å². The molecule has 0 aliphatic rings. The zero-order valence-electron chi connectivity index (χ0n) is 12.0. The highest BCUT2D eigenvalue weighted by Crippen LogP contribution is 2.19. The summed E-state index contributed by atoms with van der Waals surface area (Å²) in [6.45, 7) is 2.18. The third-order valence-electron chi connectivity index (χ3n) is 3.06. The normalized spacial score (nSPS) is 11.7. The monoisotopic (exact) mass is 287 g/mol. The lowest BCUT2D eigenvalue weighted by Gasteiger charge is -2.18. The van der Waals surface area contributed by atoms with Gasteiger partial charge in [-0.05, 0) is 24.6 Å². The molecule has 0 radical (unpaired) electrons. The molecule has 1 unspecified atom stereocenters. The van der Waals surface area contributed by atoms with Crippen LogP contribution < -0.4 is 10.3 Å². The quantitative estimate of drug-likeness (QED) is 0.789. The van der Waals surface area contributed by atoms with E-state index < -0.39 is 12.0 Å². The number of carbonyl (C=O) groups is 1. The molecular formula is C16H17NO4. The van der Waals surface area contributed by atoms with Crippen LogP contribution in [0.25, 0.3) is 0 Å². The van der Waals surface area contributed by atoms with E-state index in [-0.39, 0.29) is 11.3 Å². The van der Waals surface area contributed by atoms with Crippen LogP contribution in [0.4, 0.5) is 0 Å². The standard InChI is InChI=1S/C16H17NO4/c1-3-21-13-10-7-11-17(15(13)18)14(16(19)20-2)12-8-5-4-6-9-12/h4-11,14H,3H2,1-2H3. The van der Waals surface area contributed by atoms with Crippen molar-refractivity contribution in [3.63, 3.8) is 0 Å². The van der Waals surface area contributed by atoms with Crippen molar-refractivity contribution in [3.05, 3.63) is 64.6 Å². The maximum absolute atomic E-state index is 12.4. The molecule has 0 saturated carbocycles. The second kappa shape index (κ2) is 6.74. The number of benzene rings is 1. The van der Waals surface area contributed by atoms with Crippen LogP contribution in [0.1, 0.15) is 18.5 Å². The third-order valence-corrected chi connectivity index (χ3v) is 3.06. The second-order valence-electron chi connectivity index (χ2n) is 4.35. The maximum Gasteiger partial charge on any atom is 0.333 e. The fraction of sp³-hybridized carbons (Fsp3) is 0.250. The fourth-order valence-electron chi connectivity index (χ4n) is 2.12. The molecule has 1 heterocycles. The zero-order valence-corrected chi connectivity index (χ0v) is 12.0. The van der Waals surface area contributed by atoms with E-state index in [1.54, 1.807) is 37.4 Å². The predicted octanol–water partition coefficient (Wildman–Crippen LogP) is 2.01.